The van der Waals surface area contributed by atoms with E-state index in [1.54, 1.807) is 13.2 Å². The highest BCUT2D eigenvalue weighted by atomic mass is 16.5. The van der Waals surface area contributed by atoms with E-state index in [1.165, 1.54) is 0 Å². The van der Waals surface area contributed by atoms with Gasteiger partial charge in [-0.3, -0.25) is 0 Å². The van der Waals surface area contributed by atoms with Gasteiger partial charge in [-0.2, -0.15) is 0 Å². The summed E-state index contributed by atoms with van der Waals surface area (Å²) in [6, 6.07) is 13.8. The number of aromatic hydroxyl groups is 1. The predicted molar refractivity (Wildman–Crippen MR) is 72.6 cm³/mol. The van der Waals surface area contributed by atoms with Gasteiger partial charge in [0.2, 0.25) is 0 Å². The number of ether oxygens (including phenoxy) is 2. The maximum atomic E-state index is 9.86. The number of rotatable bonds is 2. The molecule has 1 aliphatic heterocycles. The van der Waals surface area contributed by atoms with Gasteiger partial charge in [0, 0.05) is 0 Å². The summed E-state index contributed by atoms with van der Waals surface area (Å²) in [5, 5.41) is 9.86. The number of phenolic OH excluding ortho intramolecular Hbond substituents is 1. The third-order valence-electron chi connectivity index (χ3n) is 3.48. The van der Waals surface area contributed by atoms with Crippen molar-refractivity contribution in [3.8, 4) is 11.5 Å². The van der Waals surface area contributed by atoms with Gasteiger partial charge in [-0.15, -0.1) is 0 Å². The molecular weight excluding hydrogens is 240 g/mol. The minimum absolute atomic E-state index is 0.0838. The summed E-state index contributed by atoms with van der Waals surface area (Å²) in [5.41, 5.74) is 3.32. The second-order valence-corrected chi connectivity index (χ2v) is 4.63. The molecule has 3 rings (SSSR count). The molecule has 0 radical (unpaired) electrons. The Bertz CT molecular complexity index is 578. The Hall–Kier alpha value is -2.00. The minimum atomic E-state index is -0.0838. The SMILES string of the molecule is COc1cc2c(cc1O)CCOC2c1ccccc1. The maximum absolute atomic E-state index is 9.86. The van der Waals surface area contributed by atoms with Gasteiger partial charge in [0.25, 0.3) is 0 Å². The van der Waals surface area contributed by atoms with Crippen molar-refractivity contribution in [2.45, 2.75) is 12.5 Å². The van der Waals surface area contributed by atoms with Crippen LogP contribution in [0.25, 0.3) is 0 Å². The van der Waals surface area contributed by atoms with E-state index >= 15 is 0 Å². The van der Waals surface area contributed by atoms with Gasteiger partial charge >= 0.3 is 0 Å². The fourth-order valence-electron chi connectivity index (χ4n) is 2.53. The Morgan fingerprint density at radius 2 is 2.00 bits per heavy atom. The minimum Gasteiger partial charge on any atom is -0.504 e. The molecule has 0 saturated heterocycles. The predicted octanol–water partition coefficient (Wildman–Crippen LogP) is 3.06. The Labute approximate surface area is 112 Å². The largest absolute Gasteiger partial charge is 0.504 e. The highest BCUT2D eigenvalue weighted by molar-refractivity contribution is 5.50. The van der Waals surface area contributed by atoms with Gasteiger partial charge in [0.1, 0.15) is 6.10 Å². The Kier molecular flexibility index (Phi) is 3.13. The topological polar surface area (TPSA) is 38.7 Å². The third kappa shape index (κ3) is 2.17. The van der Waals surface area contributed by atoms with Crippen molar-refractivity contribution in [2.75, 3.05) is 13.7 Å². The molecule has 0 fully saturated rings. The molecule has 19 heavy (non-hydrogen) atoms. The van der Waals surface area contributed by atoms with Crippen LogP contribution in [0.2, 0.25) is 0 Å². The number of benzene rings is 2. The van der Waals surface area contributed by atoms with E-state index in [9.17, 15) is 5.11 Å². The van der Waals surface area contributed by atoms with Crippen molar-refractivity contribution in [2.24, 2.45) is 0 Å². The average Bonchev–Trinajstić information content (AvgIpc) is 2.46. The molecule has 3 heteroatoms. The van der Waals surface area contributed by atoms with Crippen LogP contribution in [0.4, 0.5) is 0 Å². The lowest BCUT2D eigenvalue weighted by atomic mass is 9.92. The number of hydrogen-bond donors (Lipinski definition) is 1. The third-order valence-corrected chi connectivity index (χ3v) is 3.48. The summed E-state index contributed by atoms with van der Waals surface area (Å²) in [6.45, 7) is 0.665. The van der Waals surface area contributed by atoms with Gasteiger partial charge < -0.3 is 14.6 Å². The van der Waals surface area contributed by atoms with Crippen molar-refractivity contribution < 1.29 is 14.6 Å². The van der Waals surface area contributed by atoms with Crippen LogP contribution >= 0.6 is 0 Å². The summed E-state index contributed by atoms with van der Waals surface area (Å²) in [6.07, 6.45) is 0.732. The van der Waals surface area contributed by atoms with Gasteiger partial charge in [0.15, 0.2) is 11.5 Å². The summed E-state index contributed by atoms with van der Waals surface area (Å²) in [4.78, 5) is 0. The summed E-state index contributed by atoms with van der Waals surface area (Å²) < 4.78 is 11.1. The van der Waals surface area contributed by atoms with Crippen LogP contribution in [0.15, 0.2) is 42.5 Å². The van der Waals surface area contributed by atoms with E-state index < -0.39 is 0 Å². The zero-order chi connectivity index (χ0) is 13.2. The van der Waals surface area contributed by atoms with Crippen molar-refractivity contribution in [3.63, 3.8) is 0 Å². The average molecular weight is 256 g/mol. The van der Waals surface area contributed by atoms with Crippen LogP contribution in [-0.4, -0.2) is 18.8 Å². The zero-order valence-electron chi connectivity index (χ0n) is 10.8. The van der Waals surface area contributed by atoms with Crippen LogP contribution < -0.4 is 4.74 Å². The molecule has 3 nitrogen and oxygen atoms in total. The highest BCUT2D eigenvalue weighted by Gasteiger charge is 2.24. The number of hydrogen-bond acceptors (Lipinski definition) is 3. The van der Waals surface area contributed by atoms with Gasteiger partial charge in [-0.05, 0) is 35.2 Å². The van der Waals surface area contributed by atoms with E-state index in [0.29, 0.717) is 12.4 Å². The lowest BCUT2D eigenvalue weighted by Gasteiger charge is -2.27. The van der Waals surface area contributed by atoms with Crippen molar-refractivity contribution in [1.29, 1.82) is 0 Å². The number of fused-ring (bicyclic) bond motifs is 1. The first-order chi connectivity index (χ1) is 9.29. The molecule has 1 atom stereocenters. The van der Waals surface area contributed by atoms with Gasteiger partial charge in [-0.1, -0.05) is 30.3 Å². The van der Waals surface area contributed by atoms with E-state index in [-0.39, 0.29) is 11.9 Å². The molecule has 2 aromatic rings. The summed E-state index contributed by atoms with van der Waals surface area (Å²) >= 11 is 0. The Morgan fingerprint density at radius 3 is 2.74 bits per heavy atom. The molecule has 1 aliphatic rings. The Balaban J connectivity index is 2.09. The molecule has 2 aromatic carbocycles. The Morgan fingerprint density at radius 1 is 1.21 bits per heavy atom. The first-order valence-corrected chi connectivity index (χ1v) is 6.36. The van der Waals surface area contributed by atoms with Crippen LogP contribution in [0.1, 0.15) is 22.8 Å². The molecule has 0 spiro atoms. The smallest absolute Gasteiger partial charge is 0.160 e. The summed E-state index contributed by atoms with van der Waals surface area (Å²) in [7, 11) is 1.56. The molecule has 0 bridgehead atoms. The van der Waals surface area contributed by atoms with Gasteiger partial charge in [0.05, 0.1) is 13.7 Å². The zero-order valence-corrected chi connectivity index (χ0v) is 10.8. The molecule has 0 aromatic heterocycles. The second kappa shape index (κ2) is 4.94. The first-order valence-electron chi connectivity index (χ1n) is 6.36. The highest BCUT2D eigenvalue weighted by Crippen LogP contribution is 2.38. The van der Waals surface area contributed by atoms with Crippen molar-refractivity contribution in [3.05, 3.63) is 59.2 Å². The van der Waals surface area contributed by atoms with Crippen LogP contribution in [0, 0.1) is 0 Å². The van der Waals surface area contributed by atoms with Crippen LogP contribution in [0.3, 0.4) is 0 Å². The number of phenols is 1. The fraction of sp³-hybridized carbons (Fsp3) is 0.250. The van der Waals surface area contributed by atoms with Crippen molar-refractivity contribution in [1.82, 2.24) is 0 Å². The lowest BCUT2D eigenvalue weighted by Crippen LogP contribution is -2.17. The van der Waals surface area contributed by atoms with E-state index in [1.807, 2.05) is 24.3 Å². The van der Waals surface area contributed by atoms with Crippen molar-refractivity contribution >= 4 is 0 Å². The molecule has 1 N–H and O–H groups in total. The molecule has 0 saturated carbocycles. The second-order valence-electron chi connectivity index (χ2n) is 4.63. The van der Waals surface area contributed by atoms with E-state index in [2.05, 4.69) is 12.1 Å². The lowest BCUT2D eigenvalue weighted by molar-refractivity contribution is 0.0695. The normalized spacial score (nSPS) is 17.8. The molecular formula is C16H16O3. The molecule has 0 aliphatic carbocycles. The maximum Gasteiger partial charge on any atom is 0.160 e. The van der Waals surface area contributed by atoms with Crippen LogP contribution in [0.5, 0.6) is 11.5 Å². The molecule has 0 amide bonds. The molecule has 98 valence electrons. The van der Waals surface area contributed by atoms with Gasteiger partial charge in [-0.25, -0.2) is 0 Å². The van der Waals surface area contributed by atoms with E-state index in [0.717, 1.165) is 23.1 Å². The summed E-state index contributed by atoms with van der Waals surface area (Å²) in [5.74, 6) is 0.681. The first kappa shape index (κ1) is 12.1. The standard InChI is InChI=1S/C16H16O3/c1-18-15-10-13-12(9-14(15)17)7-8-19-16(13)11-5-3-2-4-6-11/h2-6,9-10,16-17H,7-8H2,1H3. The molecule has 1 unspecified atom stereocenters. The van der Waals surface area contributed by atoms with Crippen LogP contribution in [-0.2, 0) is 11.2 Å². The quantitative estimate of drug-likeness (QED) is 0.897. The monoisotopic (exact) mass is 256 g/mol. The fourth-order valence-corrected chi connectivity index (χ4v) is 2.53. The molecule has 1 heterocycles. The van der Waals surface area contributed by atoms with E-state index in [4.69, 9.17) is 9.47 Å². The number of methoxy groups -OCH3 is 1.